The normalized spacial score (nSPS) is 14.6. The Morgan fingerprint density at radius 2 is 2.08 bits per heavy atom. The van der Waals surface area contributed by atoms with Crippen molar-refractivity contribution in [1.29, 1.82) is 0 Å². The van der Waals surface area contributed by atoms with Crippen LogP contribution in [0.3, 0.4) is 0 Å². The van der Waals surface area contributed by atoms with Gasteiger partial charge in [0, 0.05) is 44.8 Å². The third kappa shape index (κ3) is 5.70. The molecule has 2 N–H and O–H groups in total. The number of ether oxygens (including phenoxy) is 2. The predicted molar refractivity (Wildman–Crippen MR) is 98.1 cm³/mol. The fourth-order valence-electron chi connectivity index (χ4n) is 2.50. The molecule has 0 bridgehead atoms. The third-order valence-electron chi connectivity index (χ3n) is 3.70. The van der Waals surface area contributed by atoms with Gasteiger partial charge in [-0.2, -0.15) is 0 Å². The summed E-state index contributed by atoms with van der Waals surface area (Å²) in [4.78, 5) is 14.6. The molecule has 8 heteroatoms. The fourth-order valence-corrected chi connectivity index (χ4v) is 2.76. The van der Waals surface area contributed by atoms with Crippen LogP contribution in [0.15, 0.2) is 12.1 Å². The van der Waals surface area contributed by atoms with Crippen LogP contribution in [0, 0.1) is 0 Å². The Hall–Kier alpha value is -1.21. The van der Waals surface area contributed by atoms with Crippen molar-refractivity contribution in [1.82, 2.24) is 15.5 Å². The lowest BCUT2D eigenvalue weighted by atomic mass is 10.2. The van der Waals surface area contributed by atoms with E-state index in [1.807, 2.05) is 6.92 Å². The van der Waals surface area contributed by atoms with Gasteiger partial charge in [-0.15, -0.1) is 12.4 Å². The van der Waals surface area contributed by atoms with Gasteiger partial charge in [0.25, 0.3) is 5.91 Å². The molecule has 0 atom stereocenters. The molecule has 0 saturated carbocycles. The number of carbonyl (C=O) groups is 1. The third-order valence-corrected chi connectivity index (χ3v) is 3.98. The van der Waals surface area contributed by atoms with Crippen LogP contribution in [0.4, 0.5) is 0 Å². The summed E-state index contributed by atoms with van der Waals surface area (Å²) >= 11 is 6.19. The average molecular weight is 378 g/mol. The highest BCUT2D eigenvalue weighted by molar-refractivity contribution is 6.32. The molecule has 0 aliphatic carbocycles. The standard InChI is InChI=1S/C16H24ClN3O3.ClH/c1-3-23-15-13(17)10-12(11-14(15)22-2)16(21)19-6-9-20-7-4-18-5-8-20;/h10-11,18H,3-9H2,1-2H3,(H,19,21);1H. The summed E-state index contributed by atoms with van der Waals surface area (Å²) in [5, 5.41) is 6.60. The van der Waals surface area contributed by atoms with Crippen molar-refractivity contribution in [2.75, 3.05) is 53.0 Å². The number of rotatable bonds is 7. The minimum Gasteiger partial charge on any atom is -0.493 e. The van der Waals surface area contributed by atoms with Gasteiger partial charge in [-0.1, -0.05) is 11.6 Å². The summed E-state index contributed by atoms with van der Waals surface area (Å²) in [6.07, 6.45) is 0. The van der Waals surface area contributed by atoms with Crippen molar-refractivity contribution < 1.29 is 14.3 Å². The molecule has 1 heterocycles. The molecule has 1 aliphatic rings. The molecule has 1 aromatic carbocycles. The molecule has 0 aromatic heterocycles. The zero-order chi connectivity index (χ0) is 16.7. The first-order chi connectivity index (χ1) is 11.2. The number of piperazine rings is 1. The van der Waals surface area contributed by atoms with Crippen LogP contribution in [0.1, 0.15) is 17.3 Å². The van der Waals surface area contributed by atoms with Gasteiger partial charge < -0.3 is 20.1 Å². The van der Waals surface area contributed by atoms with Gasteiger partial charge in [-0.25, -0.2) is 0 Å². The molecular weight excluding hydrogens is 353 g/mol. The number of methoxy groups -OCH3 is 1. The predicted octanol–water partition coefficient (Wildman–Crippen LogP) is 1.80. The molecular formula is C16H25Cl2N3O3. The van der Waals surface area contributed by atoms with Crippen molar-refractivity contribution in [2.24, 2.45) is 0 Å². The van der Waals surface area contributed by atoms with Crippen molar-refractivity contribution in [3.8, 4) is 11.5 Å². The molecule has 0 unspecified atom stereocenters. The lowest BCUT2D eigenvalue weighted by Crippen LogP contribution is -2.46. The van der Waals surface area contributed by atoms with E-state index in [2.05, 4.69) is 15.5 Å². The molecule has 1 saturated heterocycles. The smallest absolute Gasteiger partial charge is 0.251 e. The Kier molecular flexibility index (Phi) is 9.21. The number of hydrogen-bond donors (Lipinski definition) is 2. The molecule has 24 heavy (non-hydrogen) atoms. The SMILES string of the molecule is CCOc1c(Cl)cc(C(=O)NCCN2CCNCC2)cc1OC.Cl. The average Bonchev–Trinajstić information content (AvgIpc) is 2.57. The highest BCUT2D eigenvalue weighted by atomic mass is 35.5. The number of nitrogens with one attached hydrogen (secondary N) is 2. The van der Waals surface area contributed by atoms with Gasteiger partial charge in [0.15, 0.2) is 11.5 Å². The summed E-state index contributed by atoms with van der Waals surface area (Å²) < 4.78 is 10.7. The first-order valence-electron chi connectivity index (χ1n) is 7.87. The molecule has 1 fully saturated rings. The minimum atomic E-state index is -0.164. The maximum Gasteiger partial charge on any atom is 0.251 e. The lowest BCUT2D eigenvalue weighted by Gasteiger charge is -2.27. The van der Waals surface area contributed by atoms with E-state index >= 15 is 0 Å². The first-order valence-corrected chi connectivity index (χ1v) is 8.25. The second-order valence-electron chi connectivity index (χ2n) is 5.27. The van der Waals surface area contributed by atoms with E-state index in [9.17, 15) is 4.79 Å². The summed E-state index contributed by atoms with van der Waals surface area (Å²) in [6.45, 7) is 7.82. The van der Waals surface area contributed by atoms with E-state index in [-0.39, 0.29) is 18.3 Å². The number of amides is 1. The van der Waals surface area contributed by atoms with E-state index < -0.39 is 0 Å². The van der Waals surface area contributed by atoms with Gasteiger partial charge in [-0.05, 0) is 19.1 Å². The quantitative estimate of drug-likeness (QED) is 0.758. The van der Waals surface area contributed by atoms with Gasteiger partial charge in [-0.3, -0.25) is 9.69 Å². The van der Waals surface area contributed by atoms with Crippen molar-refractivity contribution in [3.05, 3.63) is 22.7 Å². The van der Waals surface area contributed by atoms with E-state index in [0.29, 0.717) is 35.2 Å². The zero-order valence-corrected chi connectivity index (χ0v) is 15.6. The zero-order valence-electron chi connectivity index (χ0n) is 14.1. The topological polar surface area (TPSA) is 62.8 Å². The highest BCUT2D eigenvalue weighted by Gasteiger charge is 2.16. The number of hydrogen-bond acceptors (Lipinski definition) is 5. The van der Waals surface area contributed by atoms with Crippen LogP contribution in [-0.4, -0.2) is 63.8 Å². The Bertz CT molecular complexity index is 538. The van der Waals surface area contributed by atoms with E-state index in [1.54, 1.807) is 12.1 Å². The summed E-state index contributed by atoms with van der Waals surface area (Å²) in [5.41, 5.74) is 0.468. The van der Waals surface area contributed by atoms with Crippen LogP contribution in [0.25, 0.3) is 0 Å². The second kappa shape index (κ2) is 10.6. The molecule has 1 aromatic rings. The van der Waals surface area contributed by atoms with Gasteiger partial charge >= 0.3 is 0 Å². The molecule has 136 valence electrons. The maximum absolute atomic E-state index is 12.3. The van der Waals surface area contributed by atoms with E-state index in [0.717, 1.165) is 32.7 Å². The van der Waals surface area contributed by atoms with Crippen LogP contribution in [-0.2, 0) is 0 Å². The monoisotopic (exact) mass is 377 g/mol. The van der Waals surface area contributed by atoms with E-state index in [4.69, 9.17) is 21.1 Å². The molecule has 0 radical (unpaired) electrons. The first kappa shape index (κ1) is 20.8. The van der Waals surface area contributed by atoms with E-state index in [1.165, 1.54) is 7.11 Å². The van der Waals surface area contributed by atoms with Crippen LogP contribution >= 0.6 is 24.0 Å². The molecule has 2 rings (SSSR count). The largest absolute Gasteiger partial charge is 0.493 e. The number of carbonyl (C=O) groups excluding carboxylic acids is 1. The summed E-state index contributed by atoms with van der Waals surface area (Å²) in [7, 11) is 1.53. The molecule has 1 amide bonds. The minimum absolute atomic E-state index is 0. The van der Waals surface area contributed by atoms with Crippen LogP contribution < -0.4 is 20.1 Å². The second-order valence-corrected chi connectivity index (χ2v) is 5.68. The van der Waals surface area contributed by atoms with Crippen molar-refractivity contribution in [2.45, 2.75) is 6.92 Å². The number of halogens is 2. The van der Waals surface area contributed by atoms with Gasteiger partial charge in [0.1, 0.15) is 0 Å². The maximum atomic E-state index is 12.3. The Morgan fingerprint density at radius 1 is 1.38 bits per heavy atom. The summed E-state index contributed by atoms with van der Waals surface area (Å²) in [6, 6.07) is 3.26. The molecule has 1 aliphatic heterocycles. The van der Waals surface area contributed by atoms with Gasteiger partial charge in [0.05, 0.1) is 18.7 Å². The van der Waals surface area contributed by atoms with Crippen molar-refractivity contribution in [3.63, 3.8) is 0 Å². The fraction of sp³-hybridized carbons (Fsp3) is 0.562. The van der Waals surface area contributed by atoms with Gasteiger partial charge in [0.2, 0.25) is 0 Å². The lowest BCUT2D eigenvalue weighted by molar-refractivity contribution is 0.0947. The molecule has 0 spiro atoms. The Labute approximate surface area is 154 Å². The number of nitrogens with zero attached hydrogens (tertiary/aromatic N) is 1. The van der Waals surface area contributed by atoms with Crippen molar-refractivity contribution >= 4 is 29.9 Å². The Morgan fingerprint density at radius 3 is 2.71 bits per heavy atom. The van der Waals surface area contributed by atoms with Crippen LogP contribution in [0.2, 0.25) is 5.02 Å². The number of benzene rings is 1. The van der Waals surface area contributed by atoms with Crippen LogP contribution in [0.5, 0.6) is 11.5 Å². The highest BCUT2D eigenvalue weighted by Crippen LogP contribution is 2.36. The summed E-state index contributed by atoms with van der Waals surface area (Å²) in [5.74, 6) is 0.768. The molecule has 6 nitrogen and oxygen atoms in total. The Balaban J connectivity index is 0.00000288.